The van der Waals surface area contributed by atoms with Crippen molar-refractivity contribution in [2.45, 2.75) is 6.92 Å². The molecule has 5 nitrogen and oxygen atoms in total. The summed E-state index contributed by atoms with van der Waals surface area (Å²) in [6.07, 6.45) is 0. The molecular formula is C17H14FN3O2S. The molecule has 0 unspecified atom stereocenters. The molecule has 1 N–H and O–H groups in total. The van der Waals surface area contributed by atoms with E-state index in [1.54, 1.807) is 42.5 Å². The van der Waals surface area contributed by atoms with Gasteiger partial charge in [0.2, 0.25) is 5.13 Å². The highest BCUT2D eigenvalue weighted by Gasteiger charge is 2.16. The molecule has 0 atom stereocenters. The molecule has 7 heteroatoms. The van der Waals surface area contributed by atoms with E-state index in [1.165, 1.54) is 6.07 Å². The molecule has 2 aromatic carbocycles. The molecule has 122 valence electrons. The van der Waals surface area contributed by atoms with Crippen molar-refractivity contribution in [1.82, 2.24) is 10.2 Å². The van der Waals surface area contributed by atoms with Gasteiger partial charge in [-0.2, -0.15) is 0 Å². The fraction of sp³-hybridized carbons (Fsp3) is 0.118. The van der Waals surface area contributed by atoms with E-state index in [-0.39, 0.29) is 11.7 Å². The summed E-state index contributed by atoms with van der Waals surface area (Å²) < 4.78 is 19.2. The predicted octanol–water partition coefficient (Wildman–Crippen LogP) is 4.00. The number of carbonyl (C=O) groups is 1. The first-order valence-electron chi connectivity index (χ1n) is 7.30. The van der Waals surface area contributed by atoms with Crippen molar-refractivity contribution in [3.05, 3.63) is 59.9 Å². The van der Waals surface area contributed by atoms with Crippen LogP contribution in [0.3, 0.4) is 0 Å². The van der Waals surface area contributed by atoms with Crippen molar-refractivity contribution >= 4 is 22.4 Å². The van der Waals surface area contributed by atoms with Crippen molar-refractivity contribution < 1.29 is 13.9 Å². The first kappa shape index (κ1) is 16.1. The van der Waals surface area contributed by atoms with Gasteiger partial charge in [0, 0.05) is 5.56 Å². The van der Waals surface area contributed by atoms with Crippen LogP contribution in [0.4, 0.5) is 9.52 Å². The quantitative estimate of drug-likeness (QED) is 0.761. The molecule has 0 aliphatic rings. The number of hydrogen-bond donors (Lipinski definition) is 1. The maximum absolute atomic E-state index is 13.8. The maximum atomic E-state index is 13.8. The highest BCUT2D eigenvalue weighted by Crippen LogP contribution is 2.29. The lowest BCUT2D eigenvalue weighted by molar-refractivity contribution is 0.102. The van der Waals surface area contributed by atoms with Crippen LogP contribution >= 0.6 is 11.3 Å². The third kappa shape index (κ3) is 3.41. The van der Waals surface area contributed by atoms with Gasteiger partial charge in [-0.05, 0) is 31.2 Å². The molecule has 0 bridgehead atoms. The molecule has 1 amide bonds. The van der Waals surface area contributed by atoms with Crippen molar-refractivity contribution in [1.29, 1.82) is 0 Å². The monoisotopic (exact) mass is 343 g/mol. The molecule has 24 heavy (non-hydrogen) atoms. The van der Waals surface area contributed by atoms with E-state index in [0.717, 1.165) is 11.3 Å². The van der Waals surface area contributed by atoms with Gasteiger partial charge in [-0.25, -0.2) is 4.39 Å². The molecule has 0 saturated carbocycles. The predicted molar refractivity (Wildman–Crippen MR) is 90.9 cm³/mol. The van der Waals surface area contributed by atoms with Crippen molar-refractivity contribution in [2.75, 3.05) is 11.9 Å². The number of nitrogens with zero attached hydrogens (tertiary/aromatic N) is 2. The SMILES string of the molecule is CCOc1ccccc1C(=O)Nc1nnc(-c2ccccc2F)s1. The van der Waals surface area contributed by atoms with Crippen LogP contribution in [-0.2, 0) is 0 Å². The second kappa shape index (κ2) is 7.18. The average molecular weight is 343 g/mol. The van der Waals surface area contributed by atoms with E-state index in [0.29, 0.717) is 33.6 Å². The summed E-state index contributed by atoms with van der Waals surface area (Å²) in [4.78, 5) is 12.4. The number of rotatable bonds is 5. The molecule has 3 aromatic rings. The number of anilines is 1. The second-order valence-electron chi connectivity index (χ2n) is 4.78. The van der Waals surface area contributed by atoms with Crippen LogP contribution in [0.2, 0.25) is 0 Å². The van der Waals surface area contributed by atoms with Gasteiger partial charge >= 0.3 is 0 Å². The fourth-order valence-electron chi connectivity index (χ4n) is 2.12. The lowest BCUT2D eigenvalue weighted by atomic mass is 10.2. The summed E-state index contributed by atoms with van der Waals surface area (Å²) in [5.74, 6) is -0.236. The van der Waals surface area contributed by atoms with Crippen LogP contribution in [0.25, 0.3) is 10.6 Å². The summed E-state index contributed by atoms with van der Waals surface area (Å²) in [6.45, 7) is 2.31. The number of amides is 1. The van der Waals surface area contributed by atoms with E-state index in [4.69, 9.17) is 4.74 Å². The van der Waals surface area contributed by atoms with E-state index >= 15 is 0 Å². The topological polar surface area (TPSA) is 64.1 Å². The highest BCUT2D eigenvalue weighted by molar-refractivity contribution is 7.18. The van der Waals surface area contributed by atoms with Gasteiger partial charge in [0.15, 0.2) is 5.01 Å². The summed E-state index contributed by atoms with van der Waals surface area (Å²) in [5, 5.41) is 11.2. The standard InChI is InChI=1S/C17H14FN3O2S/c1-2-23-14-10-6-4-8-12(14)15(22)19-17-21-20-16(24-17)11-7-3-5-9-13(11)18/h3-10H,2H2,1H3,(H,19,21,22). The zero-order valence-electron chi connectivity index (χ0n) is 12.8. The number of ether oxygens (including phenoxy) is 1. The van der Waals surface area contributed by atoms with Gasteiger partial charge in [-0.3, -0.25) is 10.1 Å². The van der Waals surface area contributed by atoms with Crippen LogP contribution in [-0.4, -0.2) is 22.7 Å². The Morgan fingerprint density at radius 2 is 1.92 bits per heavy atom. The van der Waals surface area contributed by atoms with E-state index < -0.39 is 0 Å². The van der Waals surface area contributed by atoms with E-state index in [2.05, 4.69) is 15.5 Å². The van der Waals surface area contributed by atoms with Crippen LogP contribution < -0.4 is 10.1 Å². The van der Waals surface area contributed by atoms with Crippen molar-refractivity contribution in [3.8, 4) is 16.3 Å². The van der Waals surface area contributed by atoms with Gasteiger partial charge in [-0.1, -0.05) is 35.6 Å². The molecule has 0 aliphatic heterocycles. The Kier molecular flexibility index (Phi) is 4.81. The van der Waals surface area contributed by atoms with Crippen LogP contribution in [0.5, 0.6) is 5.75 Å². The minimum atomic E-state index is -0.381. The van der Waals surface area contributed by atoms with Gasteiger partial charge in [-0.15, -0.1) is 10.2 Å². The average Bonchev–Trinajstić information content (AvgIpc) is 3.04. The Morgan fingerprint density at radius 3 is 2.71 bits per heavy atom. The lowest BCUT2D eigenvalue weighted by Crippen LogP contribution is -2.13. The smallest absolute Gasteiger partial charge is 0.261 e. The molecule has 0 radical (unpaired) electrons. The van der Waals surface area contributed by atoms with Gasteiger partial charge in [0.25, 0.3) is 5.91 Å². The van der Waals surface area contributed by atoms with Crippen molar-refractivity contribution in [3.63, 3.8) is 0 Å². The maximum Gasteiger partial charge on any atom is 0.261 e. The summed E-state index contributed by atoms with van der Waals surface area (Å²) in [5.41, 5.74) is 0.757. The van der Waals surface area contributed by atoms with E-state index in [9.17, 15) is 9.18 Å². The summed E-state index contributed by atoms with van der Waals surface area (Å²) in [6, 6.07) is 13.2. The van der Waals surface area contributed by atoms with E-state index in [1.807, 2.05) is 6.92 Å². The normalized spacial score (nSPS) is 10.4. The minimum absolute atomic E-state index is 0.296. The summed E-state index contributed by atoms with van der Waals surface area (Å²) >= 11 is 1.11. The Balaban J connectivity index is 1.80. The number of nitrogens with one attached hydrogen (secondary N) is 1. The summed E-state index contributed by atoms with van der Waals surface area (Å²) in [7, 11) is 0. The number of carbonyl (C=O) groups excluding carboxylic acids is 1. The second-order valence-corrected chi connectivity index (χ2v) is 5.75. The number of benzene rings is 2. The number of hydrogen-bond acceptors (Lipinski definition) is 5. The molecule has 0 aliphatic carbocycles. The van der Waals surface area contributed by atoms with Gasteiger partial charge in [0.1, 0.15) is 11.6 Å². The van der Waals surface area contributed by atoms with Gasteiger partial charge in [0.05, 0.1) is 12.2 Å². The molecule has 0 saturated heterocycles. The van der Waals surface area contributed by atoms with Crippen molar-refractivity contribution in [2.24, 2.45) is 0 Å². The first-order chi connectivity index (χ1) is 11.7. The third-order valence-corrected chi connectivity index (χ3v) is 4.05. The fourth-order valence-corrected chi connectivity index (χ4v) is 2.88. The van der Waals surface area contributed by atoms with Crippen LogP contribution in [0, 0.1) is 5.82 Å². The molecular weight excluding hydrogens is 329 g/mol. The van der Waals surface area contributed by atoms with Crippen LogP contribution in [0.1, 0.15) is 17.3 Å². The largest absolute Gasteiger partial charge is 0.493 e. The zero-order chi connectivity index (χ0) is 16.9. The molecule has 0 spiro atoms. The third-order valence-electron chi connectivity index (χ3n) is 3.18. The number of aromatic nitrogens is 2. The van der Waals surface area contributed by atoms with Crippen LogP contribution in [0.15, 0.2) is 48.5 Å². The molecule has 3 rings (SSSR count). The Labute approximate surface area is 142 Å². The zero-order valence-corrected chi connectivity index (χ0v) is 13.6. The Bertz CT molecular complexity index is 866. The molecule has 1 heterocycles. The minimum Gasteiger partial charge on any atom is -0.493 e. The highest BCUT2D eigenvalue weighted by atomic mass is 32.1. The number of para-hydroxylation sites is 1. The Hall–Kier alpha value is -2.80. The lowest BCUT2D eigenvalue weighted by Gasteiger charge is -2.08. The Morgan fingerprint density at radius 1 is 1.17 bits per heavy atom. The first-order valence-corrected chi connectivity index (χ1v) is 8.12. The number of halogens is 1. The molecule has 0 fully saturated rings. The molecule has 1 aromatic heterocycles. The van der Waals surface area contributed by atoms with Gasteiger partial charge < -0.3 is 4.74 Å².